The van der Waals surface area contributed by atoms with E-state index in [-0.39, 0.29) is 5.91 Å². The van der Waals surface area contributed by atoms with Gasteiger partial charge in [0.2, 0.25) is 0 Å². The highest BCUT2D eigenvalue weighted by atomic mass is 32.1. The molecule has 128 valence electrons. The number of carbonyl (C=O) groups is 1. The quantitative estimate of drug-likeness (QED) is 0.766. The lowest BCUT2D eigenvalue weighted by molar-refractivity contribution is 0.0746. The van der Waals surface area contributed by atoms with Crippen molar-refractivity contribution in [3.05, 3.63) is 47.7 Å². The number of pyridine rings is 1. The summed E-state index contributed by atoms with van der Waals surface area (Å²) in [6.07, 6.45) is 1.81. The molecular formula is C18H19N5OS. The Morgan fingerprint density at radius 1 is 1.20 bits per heavy atom. The van der Waals surface area contributed by atoms with Gasteiger partial charge in [0.15, 0.2) is 5.13 Å². The van der Waals surface area contributed by atoms with E-state index in [0.29, 0.717) is 23.8 Å². The van der Waals surface area contributed by atoms with E-state index in [9.17, 15) is 4.79 Å². The van der Waals surface area contributed by atoms with Gasteiger partial charge in [0.1, 0.15) is 5.82 Å². The van der Waals surface area contributed by atoms with Crippen LogP contribution < -0.4 is 10.6 Å². The fourth-order valence-electron chi connectivity index (χ4n) is 3.19. The van der Waals surface area contributed by atoms with Gasteiger partial charge in [0.05, 0.1) is 10.2 Å². The molecule has 6 nitrogen and oxygen atoms in total. The Labute approximate surface area is 149 Å². The number of benzene rings is 1. The molecule has 25 heavy (non-hydrogen) atoms. The minimum absolute atomic E-state index is 0.0471. The Bertz CT molecular complexity index is 930. The predicted molar refractivity (Wildman–Crippen MR) is 101 cm³/mol. The van der Waals surface area contributed by atoms with Crippen LogP contribution in [0, 0.1) is 6.92 Å². The Kier molecular flexibility index (Phi) is 4.01. The zero-order valence-electron chi connectivity index (χ0n) is 14.0. The SMILES string of the molecule is Cc1cccnc1N1CCN(C(=O)c2ccc3sc(N)nc3c2)CC1. The van der Waals surface area contributed by atoms with Gasteiger partial charge in [-0.1, -0.05) is 17.4 Å². The molecule has 1 amide bonds. The topological polar surface area (TPSA) is 75.4 Å². The van der Waals surface area contributed by atoms with Crippen molar-refractivity contribution in [2.24, 2.45) is 0 Å². The molecule has 0 aliphatic carbocycles. The summed E-state index contributed by atoms with van der Waals surface area (Å²) >= 11 is 1.44. The van der Waals surface area contributed by atoms with E-state index in [0.717, 1.165) is 34.7 Å². The van der Waals surface area contributed by atoms with E-state index >= 15 is 0 Å². The van der Waals surface area contributed by atoms with E-state index < -0.39 is 0 Å². The van der Waals surface area contributed by atoms with Gasteiger partial charge in [-0.3, -0.25) is 4.79 Å². The monoisotopic (exact) mass is 353 g/mol. The number of fused-ring (bicyclic) bond motifs is 1. The first-order valence-corrected chi connectivity index (χ1v) is 9.05. The third-order valence-electron chi connectivity index (χ3n) is 4.50. The molecular weight excluding hydrogens is 334 g/mol. The van der Waals surface area contributed by atoms with Crippen LogP contribution in [0.25, 0.3) is 10.2 Å². The van der Waals surface area contributed by atoms with Crippen LogP contribution in [0.1, 0.15) is 15.9 Å². The first-order valence-electron chi connectivity index (χ1n) is 8.24. The number of anilines is 2. The molecule has 4 rings (SSSR count). The van der Waals surface area contributed by atoms with Crippen molar-refractivity contribution in [3.63, 3.8) is 0 Å². The first kappa shape index (κ1) is 15.8. The van der Waals surface area contributed by atoms with Gasteiger partial charge in [0.25, 0.3) is 5.91 Å². The van der Waals surface area contributed by atoms with Gasteiger partial charge in [-0.2, -0.15) is 0 Å². The molecule has 1 saturated heterocycles. The molecule has 0 radical (unpaired) electrons. The maximum absolute atomic E-state index is 12.8. The summed E-state index contributed by atoms with van der Waals surface area (Å²) in [4.78, 5) is 25.7. The lowest BCUT2D eigenvalue weighted by Crippen LogP contribution is -2.49. The highest BCUT2D eigenvalue weighted by Gasteiger charge is 2.23. The number of nitrogens with two attached hydrogens (primary N) is 1. The van der Waals surface area contributed by atoms with Crippen LogP contribution in [0.15, 0.2) is 36.5 Å². The third-order valence-corrected chi connectivity index (χ3v) is 5.36. The second-order valence-corrected chi connectivity index (χ2v) is 7.22. The molecule has 3 heterocycles. The van der Waals surface area contributed by atoms with Crippen LogP contribution in [0.4, 0.5) is 10.9 Å². The number of hydrogen-bond acceptors (Lipinski definition) is 6. The zero-order valence-corrected chi connectivity index (χ0v) is 14.8. The Morgan fingerprint density at radius 2 is 2.00 bits per heavy atom. The number of piperazine rings is 1. The minimum atomic E-state index is 0.0471. The van der Waals surface area contributed by atoms with E-state index in [1.807, 2.05) is 35.4 Å². The summed E-state index contributed by atoms with van der Waals surface area (Å²) in [6, 6.07) is 9.62. The summed E-state index contributed by atoms with van der Waals surface area (Å²) in [7, 11) is 0. The van der Waals surface area contributed by atoms with Crippen molar-refractivity contribution in [2.45, 2.75) is 6.92 Å². The summed E-state index contributed by atoms with van der Waals surface area (Å²) in [6.45, 7) is 5.01. The number of carbonyl (C=O) groups excluding carboxylic acids is 1. The van der Waals surface area contributed by atoms with Crippen molar-refractivity contribution >= 4 is 38.4 Å². The Balaban J connectivity index is 1.48. The molecule has 0 saturated carbocycles. The Hall–Kier alpha value is -2.67. The van der Waals surface area contributed by atoms with Crippen LogP contribution >= 0.6 is 11.3 Å². The van der Waals surface area contributed by atoms with Crippen LogP contribution in [-0.2, 0) is 0 Å². The maximum Gasteiger partial charge on any atom is 0.254 e. The number of thiazole rings is 1. The van der Waals surface area contributed by atoms with E-state index in [2.05, 4.69) is 27.9 Å². The zero-order chi connectivity index (χ0) is 17.4. The molecule has 0 spiro atoms. The van der Waals surface area contributed by atoms with E-state index in [1.54, 1.807) is 0 Å². The van der Waals surface area contributed by atoms with E-state index in [4.69, 9.17) is 5.73 Å². The minimum Gasteiger partial charge on any atom is -0.375 e. The van der Waals surface area contributed by atoms with Gasteiger partial charge in [-0.25, -0.2) is 9.97 Å². The second-order valence-electron chi connectivity index (χ2n) is 6.16. The smallest absolute Gasteiger partial charge is 0.254 e. The van der Waals surface area contributed by atoms with Gasteiger partial charge < -0.3 is 15.5 Å². The van der Waals surface area contributed by atoms with Crippen LogP contribution in [0.3, 0.4) is 0 Å². The first-order chi connectivity index (χ1) is 12.1. The molecule has 7 heteroatoms. The largest absolute Gasteiger partial charge is 0.375 e. The third kappa shape index (κ3) is 3.02. The molecule has 1 aliphatic heterocycles. The molecule has 0 atom stereocenters. The number of rotatable bonds is 2. The number of nitrogens with zero attached hydrogens (tertiary/aromatic N) is 4. The van der Waals surface area contributed by atoms with Crippen molar-refractivity contribution in [1.29, 1.82) is 0 Å². The number of nitrogen functional groups attached to an aromatic ring is 1. The van der Waals surface area contributed by atoms with Gasteiger partial charge in [-0.15, -0.1) is 0 Å². The van der Waals surface area contributed by atoms with Crippen LogP contribution in [-0.4, -0.2) is 47.0 Å². The Morgan fingerprint density at radius 3 is 2.76 bits per heavy atom. The van der Waals surface area contributed by atoms with Gasteiger partial charge >= 0.3 is 0 Å². The van der Waals surface area contributed by atoms with Crippen LogP contribution in [0.5, 0.6) is 0 Å². The standard InChI is InChI=1S/C18H19N5OS/c1-12-3-2-6-20-16(12)22-7-9-23(10-8-22)17(24)13-4-5-15-14(11-13)21-18(19)25-15/h2-6,11H,7-10H2,1H3,(H2,19,21). The van der Waals surface area contributed by atoms with Crippen molar-refractivity contribution in [1.82, 2.24) is 14.9 Å². The number of aryl methyl sites for hydroxylation is 1. The van der Waals surface area contributed by atoms with Crippen LogP contribution in [0.2, 0.25) is 0 Å². The van der Waals surface area contributed by atoms with Crippen molar-refractivity contribution in [3.8, 4) is 0 Å². The highest BCUT2D eigenvalue weighted by molar-refractivity contribution is 7.22. The average molecular weight is 353 g/mol. The molecule has 2 N–H and O–H groups in total. The molecule has 0 bridgehead atoms. The molecule has 2 aromatic heterocycles. The lowest BCUT2D eigenvalue weighted by Gasteiger charge is -2.36. The summed E-state index contributed by atoms with van der Waals surface area (Å²) in [5, 5.41) is 0.527. The fraction of sp³-hybridized carbons (Fsp3) is 0.278. The number of amides is 1. The molecule has 0 unspecified atom stereocenters. The van der Waals surface area contributed by atoms with E-state index in [1.165, 1.54) is 11.3 Å². The normalized spacial score (nSPS) is 14.9. The number of aromatic nitrogens is 2. The lowest BCUT2D eigenvalue weighted by atomic mass is 10.1. The van der Waals surface area contributed by atoms with Gasteiger partial charge in [-0.05, 0) is 36.8 Å². The van der Waals surface area contributed by atoms with Gasteiger partial charge in [0, 0.05) is 37.9 Å². The highest BCUT2D eigenvalue weighted by Crippen LogP contribution is 2.25. The molecule has 1 aromatic carbocycles. The summed E-state index contributed by atoms with van der Waals surface area (Å²) in [5.41, 5.74) is 8.36. The number of hydrogen-bond donors (Lipinski definition) is 1. The van der Waals surface area contributed by atoms with Crippen molar-refractivity contribution in [2.75, 3.05) is 36.8 Å². The average Bonchev–Trinajstić information content (AvgIpc) is 3.01. The van der Waals surface area contributed by atoms with Crippen molar-refractivity contribution < 1.29 is 4.79 Å². The summed E-state index contributed by atoms with van der Waals surface area (Å²) < 4.78 is 1.00. The predicted octanol–water partition coefficient (Wildman–Crippen LogP) is 2.54. The molecule has 1 aliphatic rings. The fourth-order valence-corrected chi connectivity index (χ4v) is 3.91. The summed E-state index contributed by atoms with van der Waals surface area (Å²) in [5.74, 6) is 1.06. The maximum atomic E-state index is 12.8. The molecule has 3 aromatic rings. The molecule has 1 fully saturated rings. The second kappa shape index (κ2) is 6.33.